The molecule has 2 N–H and O–H groups in total. The molecule has 1 spiro atoms. The highest BCUT2D eigenvalue weighted by atomic mass is 16.2. The van der Waals surface area contributed by atoms with E-state index in [0.29, 0.717) is 18.3 Å². The highest BCUT2D eigenvalue weighted by Gasteiger charge is 2.52. The van der Waals surface area contributed by atoms with Crippen molar-refractivity contribution in [3.8, 4) is 0 Å². The van der Waals surface area contributed by atoms with Crippen LogP contribution in [-0.4, -0.2) is 28.9 Å². The highest BCUT2D eigenvalue weighted by molar-refractivity contribution is 6.08. The van der Waals surface area contributed by atoms with Crippen molar-refractivity contribution in [2.45, 2.75) is 38.6 Å². The molecule has 2 unspecified atom stereocenters. The second kappa shape index (κ2) is 2.97. The second-order valence-electron chi connectivity index (χ2n) is 4.43. The van der Waals surface area contributed by atoms with Crippen molar-refractivity contribution in [3.63, 3.8) is 0 Å². The minimum Gasteiger partial charge on any atom is -0.312 e. The summed E-state index contributed by atoms with van der Waals surface area (Å²) in [5.41, 5.74) is -0.286. The van der Waals surface area contributed by atoms with Crippen LogP contribution in [0.1, 0.15) is 33.1 Å². The van der Waals surface area contributed by atoms with Crippen LogP contribution in [0.25, 0.3) is 0 Å². The van der Waals surface area contributed by atoms with E-state index in [0.717, 1.165) is 19.3 Å². The number of amides is 2. The smallest absolute Gasteiger partial charge is 0.312 e. The molecule has 1 saturated carbocycles. The molecular weight excluding hydrogens is 178 g/mol. The van der Waals surface area contributed by atoms with Crippen molar-refractivity contribution < 1.29 is 4.79 Å². The third kappa shape index (κ3) is 1.06. The molecule has 4 nitrogen and oxygen atoms in total. The molecule has 1 saturated heterocycles. The van der Waals surface area contributed by atoms with Crippen molar-refractivity contribution in [1.29, 1.82) is 5.41 Å². The molecule has 2 rings (SSSR count). The van der Waals surface area contributed by atoms with Crippen LogP contribution >= 0.6 is 0 Å². The molecule has 2 aliphatic rings. The van der Waals surface area contributed by atoms with Crippen LogP contribution in [0.2, 0.25) is 0 Å². The van der Waals surface area contributed by atoms with Crippen LogP contribution in [0, 0.1) is 11.3 Å². The van der Waals surface area contributed by atoms with Crippen molar-refractivity contribution in [3.05, 3.63) is 0 Å². The Morgan fingerprint density at radius 2 is 2.43 bits per heavy atom. The number of likely N-dealkylation sites (N-methyl/N-ethyl adjacent to an activating group) is 1. The maximum atomic E-state index is 11.6. The summed E-state index contributed by atoms with van der Waals surface area (Å²) in [6, 6.07) is -0.0911. The molecule has 0 bridgehead atoms. The van der Waals surface area contributed by atoms with Gasteiger partial charge in [-0.1, -0.05) is 6.92 Å². The van der Waals surface area contributed by atoms with Gasteiger partial charge in [0.1, 0.15) is 11.4 Å². The Bertz CT molecular complexity index is 289. The number of urea groups is 1. The van der Waals surface area contributed by atoms with Gasteiger partial charge in [0.25, 0.3) is 0 Å². The summed E-state index contributed by atoms with van der Waals surface area (Å²) in [5, 5.41) is 10.5. The summed E-state index contributed by atoms with van der Waals surface area (Å²) >= 11 is 0. The molecule has 2 amide bonds. The molecule has 1 aliphatic heterocycles. The first-order valence-electron chi connectivity index (χ1n) is 5.28. The fraction of sp³-hybridized carbons (Fsp3) is 0.800. The molecule has 4 heteroatoms. The van der Waals surface area contributed by atoms with E-state index in [1.807, 2.05) is 11.8 Å². The summed E-state index contributed by atoms with van der Waals surface area (Å²) in [6.07, 6.45) is 3.01. The van der Waals surface area contributed by atoms with Gasteiger partial charge in [-0.3, -0.25) is 10.7 Å². The Morgan fingerprint density at radius 3 is 2.93 bits per heavy atom. The average Bonchev–Trinajstić information content (AvgIpc) is 2.59. The zero-order chi connectivity index (χ0) is 10.3. The van der Waals surface area contributed by atoms with Gasteiger partial charge in [-0.05, 0) is 32.1 Å². The summed E-state index contributed by atoms with van der Waals surface area (Å²) in [6.45, 7) is 4.86. The van der Waals surface area contributed by atoms with Crippen LogP contribution in [0.5, 0.6) is 0 Å². The Balaban J connectivity index is 2.31. The van der Waals surface area contributed by atoms with E-state index < -0.39 is 0 Å². The fourth-order valence-corrected chi connectivity index (χ4v) is 2.80. The summed E-state index contributed by atoms with van der Waals surface area (Å²) in [5.74, 6) is 1.03. The number of rotatable bonds is 1. The predicted octanol–water partition coefficient (Wildman–Crippen LogP) is 1.57. The molecule has 0 radical (unpaired) electrons. The van der Waals surface area contributed by atoms with Crippen LogP contribution in [-0.2, 0) is 0 Å². The molecule has 1 heterocycles. The van der Waals surface area contributed by atoms with E-state index >= 15 is 0 Å². The molecule has 78 valence electrons. The number of amidine groups is 1. The topological polar surface area (TPSA) is 56.2 Å². The normalized spacial score (nSPS) is 37.0. The maximum Gasteiger partial charge on any atom is 0.323 e. The van der Waals surface area contributed by atoms with E-state index in [9.17, 15) is 4.79 Å². The van der Waals surface area contributed by atoms with E-state index in [1.54, 1.807) is 0 Å². The van der Waals surface area contributed by atoms with E-state index in [-0.39, 0.29) is 11.6 Å². The Morgan fingerprint density at radius 1 is 1.71 bits per heavy atom. The van der Waals surface area contributed by atoms with Crippen LogP contribution in [0.3, 0.4) is 0 Å². The molecule has 0 aromatic carbocycles. The van der Waals surface area contributed by atoms with E-state index in [1.165, 1.54) is 0 Å². The summed E-state index contributed by atoms with van der Waals surface area (Å²) in [7, 11) is 0. The van der Waals surface area contributed by atoms with E-state index in [4.69, 9.17) is 5.41 Å². The zero-order valence-electron chi connectivity index (χ0n) is 8.76. The first-order chi connectivity index (χ1) is 6.60. The standard InChI is InChI=1S/C10H17N3O/c1-3-13-9(14)12-8(11)10(13)5-4-7(2)6-10/h7H,3-6H2,1-2H3,(H2,11,12,14). The van der Waals surface area contributed by atoms with Gasteiger partial charge in [0, 0.05) is 6.54 Å². The van der Waals surface area contributed by atoms with Gasteiger partial charge in [-0.15, -0.1) is 0 Å². The van der Waals surface area contributed by atoms with Gasteiger partial charge >= 0.3 is 6.03 Å². The lowest BCUT2D eigenvalue weighted by Gasteiger charge is -2.32. The molecule has 2 fully saturated rings. The van der Waals surface area contributed by atoms with Gasteiger partial charge in [0.15, 0.2) is 0 Å². The lowest BCUT2D eigenvalue weighted by Crippen LogP contribution is -2.47. The maximum absolute atomic E-state index is 11.6. The molecular formula is C10H17N3O. The number of carbonyl (C=O) groups is 1. The molecule has 14 heavy (non-hydrogen) atoms. The van der Waals surface area contributed by atoms with Gasteiger partial charge in [0.05, 0.1) is 0 Å². The number of nitrogens with one attached hydrogen (secondary N) is 2. The van der Waals surface area contributed by atoms with Gasteiger partial charge in [-0.2, -0.15) is 0 Å². The minimum atomic E-state index is -0.286. The summed E-state index contributed by atoms with van der Waals surface area (Å²) < 4.78 is 0. The molecule has 2 atom stereocenters. The van der Waals surface area contributed by atoms with Gasteiger partial charge in [0.2, 0.25) is 0 Å². The fourth-order valence-electron chi connectivity index (χ4n) is 2.80. The quantitative estimate of drug-likeness (QED) is 0.655. The largest absolute Gasteiger partial charge is 0.323 e. The number of hydrogen-bond donors (Lipinski definition) is 2. The van der Waals surface area contributed by atoms with Crippen molar-refractivity contribution in [1.82, 2.24) is 10.2 Å². The van der Waals surface area contributed by atoms with Crippen LogP contribution in [0.15, 0.2) is 0 Å². The first-order valence-corrected chi connectivity index (χ1v) is 5.28. The molecule has 0 aromatic heterocycles. The lowest BCUT2D eigenvalue weighted by atomic mass is 9.94. The highest BCUT2D eigenvalue weighted by Crippen LogP contribution is 2.41. The third-order valence-corrected chi connectivity index (χ3v) is 3.51. The van der Waals surface area contributed by atoms with Crippen molar-refractivity contribution in [2.24, 2.45) is 5.92 Å². The van der Waals surface area contributed by atoms with Crippen molar-refractivity contribution >= 4 is 11.9 Å². The Kier molecular flexibility index (Phi) is 2.01. The summed E-state index contributed by atoms with van der Waals surface area (Å²) in [4.78, 5) is 13.4. The Hall–Kier alpha value is -1.06. The zero-order valence-corrected chi connectivity index (χ0v) is 8.76. The average molecular weight is 195 g/mol. The number of nitrogens with zero attached hydrogens (tertiary/aromatic N) is 1. The molecule has 1 aliphatic carbocycles. The Labute approximate surface area is 84.2 Å². The monoisotopic (exact) mass is 195 g/mol. The minimum absolute atomic E-state index is 0.0911. The predicted molar refractivity (Wildman–Crippen MR) is 54.4 cm³/mol. The molecule has 0 aromatic rings. The van der Waals surface area contributed by atoms with Crippen molar-refractivity contribution in [2.75, 3.05) is 6.54 Å². The van der Waals surface area contributed by atoms with E-state index in [2.05, 4.69) is 12.2 Å². The SMILES string of the molecule is CCN1C(=O)NC(=N)C12CCC(C)C2. The number of carbonyl (C=O) groups excluding carboxylic acids is 1. The third-order valence-electron chi connectivity index (χ3n) is 3.51. The van der Waals surface area contributed by atoms with Crippen LogP contribution in [0.4, 0.5) is 4.79 Å². The first kappa shape index (κ1) is 9.49. The lowest BCUT2D eigenvalue weighted by molar-refractivity contribution is 0.177. The van der Waals surface area contributed by atoms with Gasteiger partial charge in [-0.25, -0.2) is 4.79 Å². The van der Waals surface area contributed by atoms with Gasteiger partial charge < -0.3 is 4.90 Å². The second-order valence-corrected chi connectivity index (χ2v) is 4.43. The number of hydrogen-bond acceptors (Lipinski definition) is 2. The van der Waals surface area contributed by atoms with Crippen LogP contribution < -0.4 is 5.32 Å².